The van der Waals surface area contributed by atoms with Gasteiger partial charge in [-0.15, -0.1) is 11.8 Å². The van der Waals surface area contributed by atoms with E-state index >= 15 is 0 Å². The highest BCUT2D eigenvalue weighted by Crippen LogP contribution is 2.29. The van der Waals surface area contributed by atoms with Gasteiger partial charge >= 0.3 is 0 Å². The van der Waals surface area contributed by atoms with Crippen molar-refractivity contribution in [2.75, 3.05) is 23.5 Å². The van der Waals surface area contributed by atoms with Crippen LogP contribution in [-0.4, -0.2) is 34.6 Å². The van der Waals surface area contributed by atoms with Gasteiger partial charge in [-0.1, -0.05) is 6.07 Å². The Hall–Kier alpha value is -0.770. The molecule has 1 aromatic rings. The molecule has 102 valence electrons. The van der Waals surface area contributed by atoms with Crippen molar-refractivity contribution in [2.24, 2.45) is 5.14 Å². The molecule has 0 amide bonds. The molecule has 0 unspecified atom stereocenters. The molecular weight excluding hydrogens is 296 g/mol. The molecule has 0 bridgehead atoms. The van der Waals surface area contributed by atoms with E-state index in [2.05, 4.69) is 0 Å². The van der Waals surface area contributed by atoms with Gasteiger partial charge in [-0.3, -0.25) is 0 Å². The first-order valence-corrected chi connectivity index (χ1v) is 9.42. The molecule has 0 aliphatic carbocycles. The van der Waals surface area contributed by atoms with Crippen molar-refractivity contribution in [1.82, 2.24) is 0 Å². The Morgan fingerprint density at radius 2 is 1.83 bits per heavy atom. The van der Waals surface area contributed by atoms with E-state index in [1.165, 1.54) is 23.9 Å². The number of sulfone groups is 1. The molecule has 0 aliphatic rings. The zero-order valence-electron chi connectivity index (χ0n) is 9.66. The first kappa shape index (κ1) is 15.3. The van der Waals surface area contributed by atoms with Crippen LogP contribution in [0.1, 0.15) is 0 Å². The van der Waals surface area contributed by atoms with Crippen molar-refractivity contribution in [2.45, 2.75) is 9.79 Å². The highest BCUT2D eigenvalue weighted by molar-refractivity contribution is 8.00. The summed E-state index contributed by atoms with van der Waals surface area (Å²) < 4.78 is 44.4. The number of nitrogens with two attached hydrogens (primary N) is 2. The van der Waals surface area contributed by atoms with E-state index in [0.29, 0.717) is 10.6 Å². The van der Waals surface area contributed by atoms with Gasteiger partial charge in [0.05, 0.1) is 11.4 Å². The van der Waals surface area contributed by atoms with E-state index in [0.717, 1.165) is 6.26 Å². The van der Waals surface area contributed by atoms with E-state index < -0.39 is 19.9 Å². The summed E-state index contributed by atoms with van der Waals surface area (Å²) in [5.74, 6) is 0.299. The van der Waals surface area contributed by atoms with Crippen molar-refractivity contribution in [3.05, 3.63) is 18.2 Å². The standard InChI is InChI=1S/C9H14N2O4S3/c1-17(12,13)6-5-16-7-3-2-4-8(9(7)10)18(11,14)15/h2-4H,5-6,10H2,1H3,(H2,11,14,15). The van der Waals surface area contributed by atoms with Crippen LogP contribution in [0.15, 0.2) is 28.0 Å². The molecule has 1 aromatic carbocycles. The second-order valence-electron chi connectivity index (χ2n) is 3.69. The van der Waals surface area contributed by atoms with Gasteiger partial charge in [-0.05, 0) is 12.1 Å². The molecule has 0 saturated heterocycles. The van der Waals surface area contributed by atoms with Crippen molar-refractivity contribution in [1.29, 1.82) is 0 Å². The number of anilines is 1. The number of benzene rings is 1. The molecule has 0 spiro atoms. The third-order valence-electron chi connectivity index (χ3n) is 2.04. The van der Waals surface area contributed by atoms with Gasteiger partial charge in [0, 0.05) is 16.9 Å². The lowest BCUT2D eigenvalue weighted by Crippen LogP contribution is -2.14. The number of primary sulfonamides is 1. The fraction of sp³-hybridized carbons (Fsp3) is 0.333. The first-order valence-electron chi connectivity index (χ1n) is 4.83. The Kier molecular flexibility index (Phi) is 4.65. The minimum Gasteiger partial charge on any atom is -0.397 e. The third kappa shape index (κ3) is 4.48. The molecule has 0 aliphatic heterocycles. The molecule has 0 radical (unpaired) electrons. The van der Waals surface area contributed by atoms with Crippen LogP contribution in [-0.2, 0) is 19.9 Å². The van der Waals surface area contributed by atoms with Crippen molar-refractivity contribution in [3.8, 4) is 0 Å². The fourth-order valence-electron chi connectivity index (χ4n) is 1.20. The molecular formula is C9H14N2O4S3. The monoisotopic (exact) mass is 310 g/mol. The number of hydrogen-bond donors (Lipinski definition) is 2. The quantitative estimate of drug-likeness (QED) is 0.586. The number of thioether (sulfide) groups is 1. The van der Waals surface area contributed by atoms with E-state index in [1.807, 2.05) is 0 Å². The third-order valence-corrected chi connectivity index (χ3v) is 5.29. The van der Waals surface area contributed by atoms with Gasteiger partial charge < -0.3 is 5.73 Å². The highest BCUT2D eigenvalue weighted by atomic mass is 32.2. The Morgan fingerprint density at radius 3 is 2.33 bits per heavy atom. The lowest BCUT2D eigenvalue weighted by Gasteiger charge is -2.08. The van der Waals surface area contributed by atoms with Crippen molar-refractivity contribution >= 4 is 37.3 Å². The largest absolute Gasteiger partial charge is 0.397 e. The molecule has 0 fully saturated rings. The molecule has 0 atom stereocenters. The van der Waals surface area contributed by atoms with Crippen LogP contribution in [0.4, 0.5) is 5.69 Å². The second kappa shape index (κ2) is 5.47. The number of hydrogen-bond acceptors (Lipinski definition) is 6. The zero-order chi connectivity index (χ0) is 14.0. The Labute approximate surface area is 111 Å². The number of sulfonamides is 1. The minimum absolute atomic E-state index is 0.00326. The Bertz CT molecular complexity index is 638. The molecule has 0 aromatic heterocycles. The van der Waals surface area contributed by atoms with Gasteiger partial charge in [-0.2, -0.15) is 0 Å². The van der Waals surface area contributed by atoms with Crippen LogP contribution in [0.3, 0.4) is 0 Å². The van der Waals surface area contributed by atoms with Gasteiger partial charge in [0.15, 0.2) is 0 Å². The fourth-order valence-corrected chi connectivity index (χ4v) is 4.15. The number of rotatable bonds is 5. The van der Waals surface area contributed by atoms with E-state index in [1.54, 1.807) is 6.07 Å². The maximum Gasteiger partial charge on any atom is 0.240 e. The molecule has 4 N–H and O–H groups in total. The normalized spacial score (nSPS) is 12.6. The smallest absolute Gasteiger partial charge is 0.240 e. The van der Waals surface area contributed by atoms with Crippen LogP contribution in [0, 0.1) is 0 Å². The van der Waals surface area contributed by atoms with Gasteiger partial charge in [0.1, 0.15) is 14.7 Å². The van der Waals surface area contributed by atoms with E-state index in [4.69, 9.17) is 10.9 Å². The van der Waals surface area contributed by atoms with Gasteiger partial charge in [0.2, 0.25) is 10.0 Å². The SMILES string of the molecule is CS(=O)(=O)CCSc1cccc(S(N)(=O)=O)c1N. The molecule has 9 heteroatoms. The molecule has 1 rings (SSSR count). The summed E-state index contributed by atoms with van der Waals surface area (Å²) in [7, 11) is -6.92. The highest BCUT2D eigenvalue weighted by Gasteiger charge is 2.15. The Morgan fingerprint density at radius 1 is 1.22 bits per heavy atom. The Balaban J connectivity index is 2.92. The van der Waals surface area contributed by atoms with E-state index in [9.17, 15) is 16.8 Å². The zero-order valence-corrected chi connectivity index (χ0v) is 12.1. The average molecular weight is 310 g/mol. The van der Waals surface area contributed by atoms with Crippen LogP contribution in [0.25, 0.3) is 0 Å². The van der Waals surface area contributed by atoms with Crippen molar-refractivity contribution < 1.29 is 16.8 Å². The summed E-state index contributed by atoms with van der Waals surface area (Å²) in [6, 6.07) is 4.45. The maximum absolute atomic E-state index is 11.2. The lowest BCUT2D eigenvalue weighted by atomic mass is 10.3. The number of nitrogen functional groups attached to an aromatic ring is 1. The van der Waals surface area contributed by atoms with Crippen LogP contribution < -0.4 is 10.9 Å². The van der Waals surface area contributed by atoms with E-state index in [-0.39, 0.29) is 16.3 Å². The van der Waals surface area contributed by atoms with Crippen LogP contribution >= 0.6 is 11.8 Å². The summed E-state index contributed by atoms with van der Waals surface area (Å²) in [5, 5.41) is 5.01. The predicted octanol–water partition coefficient (Wildman–Crippen LogP) is 0.0529. The molecule has 0 heterocycles. The summed E-state index contributed by atoms with van der Waals surface area (Å²) in [6.45, 7) is 0. The summed E-state index contributed by atoms with van der Waals surface area (Å²) >= 11 is 1.18. The molecule has 18 heavy (non-hydrogen) atoms. The minimum atomic E-state index is -3.87. The van der Waals surface area contributed by atoms with Crippen LogP contribution in [0.5, 0.6) is 0 Å². The number of para-hydroxylation sites is 1. The van der Waals surface area contributed by atoms with Gasteiger partial charge in [-0.25, -0.2) is 22.0 Å². The molecule has 6 nitrogen and oxygen atoms in total. The summed E-state index contributed by atoms with van der Waals surface area (Å²) in [4.78, 5) is 0.358. The summed E-state index contributed by atoms with van der Waals surface area (Å²) in [6.07, 6.45) is 1.14. The maximum atomic E-state index is 11.2. The topological polar surface area (TPSA) is 120 Å². The first-order chi connectivity index (χ1) is 8.11. The average Bonchev–Trinajstić information content (AvgIpc) is 2.17. The van der Waals surface area contributed by atoms with Crippen LogP contribution in [0.2, 0.25) is 0 Å². The molecule has 0 saturated carbocycles. The summed E-state index contributed by atoms with van der Waals surface area (Å²) in [5.41, 5.74) is 5.74. The van der Waals surface area contributed by atoms with Crippen molar-refractivity contribution in [3.63, 3.8) is 0 Å². The van der Waals surface area contributed by atoms with Gasteiger partial charge in [0.25, 0.3) is 0 Å². The lowest BCUT2D eigenvalue weighted by molar-refractivity contribution is 0.597. The predicted molar refractivity (Wildman–Crippen MR) is 72.7 cm³/mol. The second-order valence-corrected chi connectivity index (χ2v) is 8.62.